The zero-order valence-electron chi connectivity index (χ0n) is 14.0. The first-order valence-corrected chi connectivity index (χ1v) is 7.83. The molecule has 6 nitrogen and oxygen atoms in total. The number of fused-ring (bicyclic) bond motifs is 1. The second kappa shape index (κ2) is 5.94. The Hall–Kier alpha value is -2.68. The monoisotopic (exact) mass is 367 g/mol. The van der Waals surface area contributed by atoms with Crippen LogP contribution in [0.1, 0.15) is 31.9 Å². The predicted octanol–water partition coefficient (Wildman–Crippen LogP) is 3.87. The molecule has 26 heavy (non-hydrogen) atoms. The molecule has 0 bridgehead atoms. The van der Waals surface area contributed by atoms with E-state index in [1.54, 1.807) is 6.07 Å². The van der Waals surface area contributed by atoms with E-state index >= 15 is 0 Å². The van der Waals surface area contributed by atoms with Crippen LogP contribution in [0.3, 0.4) is 0 Å². The lowest BCUT2D eigenvalue weighted by Crippen LogP contribution is -2.51. The van der Waals surface area contributed by atoms with Crippen molar-refractivity contribution in [2.75, 3.05) is 0 Å². The van der Waals surface area contributed by atoms with Crippen molar-refractivity contribution in [3.63, 3.8) is 0 Å². The van der Waals surface area contributed by atoms with Crippen molar-refractivity contribution in [3.05, 3.63) is 52.1 Å². The summed E-state index contributed by atoms with van der Waals surface area (Å²) in [4.78, 5) is 22.1. The fourth-order valence-electron chi connectivity index (χ4n) is 3.32. The molecule has 9 heteroatoms. The Kier molecular flexibility index (Phi) is 4.14. The molecule has 1 saturated heterocycles. The summed E-state index contributed by atoms with van der Waals surface area (Å²) in [5.41, 5.74) is 0.782. The Morgan fingerprint density at radius 1 is 1.27 bits per heavy atom. The number of hydrogen-bond donors (Lipinski definition) is 1. The average molecular weight is 367 g/mol. The third-order valence-electron chi connectivity index (χ3n) is 4.46. The number of nitro benzene ring substituents is 1. The Labute approximate surface area is 146 Å². The Balaban J connectivity index is 2.24. The molecule has 1 N–H and O–H groups in total. The van der Waals surface area contributed by atoms with E-state index in [0.29, 0.717) is 5.39 Å². The molecule has 3 rings (SSSR count). The van der Waals surface area contributed by atoms with Gasteiger partial charge < -0.3 is 0 Å². The first-order chi connectivity index (χ1) is 12.0. The number of halogens is 3. The number of non-ortho nitro benzene ring substituents is 1. The summed E-state index contributed by atoms with van der Waals surface area (Å²) in [6, 6.07) is 6.00. The van der Waals surface area contributed by atoms with Crippen LogP contribution in [-0.4, -0.2) is 27.6 Å². The van der Waals surface area contributed by atoms with Crippen molar-refractivity contribution in [1.29, 1.82) is 0 Å². The van der Waals surface area contributed by atoms with E-state index in [0.717, 1.165) is 11.1 Å². The van der Waals surface area contributed by atoms with Gasteiger partial charge in [-0.3, -0.25) is 20.3 Å². The van der Waals surface area contributed by atoms with Crippen LogP contribution in [0.5, 0.6) is 0 Å². The molecule has 0 spiro atoms. The van der Waals surface area contributed by atoms with Crippen molar-refractivity contribution < 1.29 is 22.9 Å². The highest BCUT2D eigenvalue weighted by molar-refractivity contribution is 5.88. The summed E-state index contributed by atoms with van der Waals surface area (Å²) in [6.45, 7) is 3.08. The van der Waals surface area contributed by atoms with Gasteiger partial charge in [-0.1, -0.05) is 18.2 Å². The number of hydrogen-bond acceptors (Lipinski definition) is 4. The number of amides is 1. The molecule has 1 amide bonds. The summed E-state index contributed by atoms with van der Waals surface area (Å²) in [7, 11) is 0. The van der Waals surface area contributed by atoms with Crippen molar-refractivity contribution in [1.82, 2.24) is 10.4 Å². The molecule has 0 aromatic heterocycles. The number of nitrogens with zero attached hydrogens (tertiary/aromatic N) is 2. The van der Waals surface area contributed by atoms with Crippen molar-refractivity contribution in [3.8, 4) is 0 Å². The molecule has 1 aliphatic rings. The summed E-state index contributed by atoms with van der Waals surface area (Å²) < 4.78 is 42.0. The SMILES string of the molecule is CC1(C)CC(=O)NN1C(c1cccc2ccc([N+](=O)[O-])cc12)C(F)(F)F. The van der Waals surface area contributed by atoms with Gasteiger partial charge in [-0.15, -0.1) is 0 Å². The average Bonchev–Trinajstić information content (AvgIpc) is 2.78. The second-order valence-corrected chi connectivity index (χ2v) is 6.85. The van der Waals surface area contributed by atoms with Crippen LogP contribution in [0.2, 0.25) is 0 Å². The normalized spacial score (nSPS) is 18.7. The number of nitrogens with one attached hydrogen (secondary N) is 1. The molecule has 2 aromatic rings. The number of alkyl halides is 3. The first kappa shape index (κ1) is 18.1. The van der Waals surface area contributed by atoms with Crippen LogP contribution in [0, 0.1) is 10.1 Å². The molecular weight excluding hydrogens is 351 g/mol. The summed E-state index contributed by atoms with van der Waals surface area (Å²) in [6.07, 6.45) is -4.78. The predicted molar refractivity (Wildman–Crippen MR) is 88.1 cm³/mol. The third-order valence-corrected chi connectivity index (χ3v) is 4.46. The highest BCUT2D eigenvalue weighted by atomic mass is 19.4. The largest absolute Gasteiger partial charge is 0.409 e. The maximum Gasteiger partial charge on any atom is 0.409 e. The molecule has 1 fully saturated rings. The van der Waals surface area contributed by atoms with E-state index in [9.17, 15) is 28.1 Å². The first-order valence-electron chi connectivity index (χ1n) is 7.83. The molecule has 2 aromatic carbocycles. The quantitative estimate of drug-likeness (QED) is 0.660. The minimum absolute atomic E-state index is 0.0789. The lowest BCUT2D eigenvalue weighted by molar-refractivity contribution is -0.384. The Morgan fingerprint density at radius 3 is 2.50 bits per heavy atom. The van der Waals surface area contributed by atoms with Gasteiger partial charge in [-0.2, -0.15) is 18.2 Å². The number of rotatable bonds is 3. The maximum atomic E-state index is 14.0. The molecule has 0 radical (unpaired) electrons. The summed E-state index contributed by atoms with van der Waals surface area (Å²) in [5, 5.41) is 12.5. The maximum absolute atomic E-state index is 14.0. The van der Waals surface area contributed by atoms with Gasteiger partial charge in [0, 0.05) is 24.1 Å². The van der Waals surface area contributed by atoms with Gasteiger partial charge in [0.05, 0.1) is 4.92 Å². The van der Waals surface area contributed by atoms with Gasteiger partial charge in [0.25, 0.3) is 5.69 Å². The fourth-order valence-corrected chi connectivity index (χ4v) is 3.32. The second-order valence-electron chi connectivity index (χ2n) is 6.85. The van der Waals surface area contributed by atoms with Crippen LogP contribution in [0.4, 0.5) is 18.9 Å². The fraction of sp³-hybridized carbons (Fsp3) is 0.353. The van der Waals surface area contributed by atoms with E-state index in [-0.39, 0.29) is 23.1 Å². The Morgan fingerprint density at radius 2 is 1.96 bits per heavy atom. The van der Waals surface area contributed by atoms with Crippen LogP contribution in [-0.2, 0) is 4.79 Å². The number of carbonyl (C=O) groups excluding carboxylic acids is 1. The van der Waals surface area contributed by atoms with Crippen LogP contribution in [0.15, 0.2) is 36.4 Å². The Bertz CT molecular complexity index is 896. The highest BCUT2D eigenvalue weighted by Gasteiger charge is 2.53. The number of nitro groups is 1. The van der Waals surface area contributed by atoms with Gasteiger partial charge in [0.1, 0.15) is 0 Å². The number of benzene rings is 2. The van der Waals surface area contributed by atoms with Crippen molar-refractivity contribution >= 4 is 22.4 Å². The summed E-state index contributed by atoms with van der Waals surface area (Å²) >= 11 is 0. The van der Waals surface area contributed by atoms with Crippen molar-refractivity contribution in [2.24, 2.45) is 0 Å². The van der Waals surface area contributed by atoms with E-state index in [2.05, 4.69) is 5.43 Å². The lowest BCUT2D eigenvalue weighted by atomic mass is 9.93. The third kappa shape index (κ3) is 3.10. The molecule has 1 heterocycles. The van der Waals surface area contributed by atoms with Gasteiger partial charge in [0.2, 0.25) is 5.91 Å². The van der Waals surface area contributed by atoms with Crippen LogP contribution in [0.25, 0.3) is 10.8 Å². The molecule has 138 valence electrons. The molecule has 1 unspecified atom stereocenters. The van der Waals surface area contributed by atoms with Crippen molar-refractivity contribution in [2.45, 2.75) is 38.0 Å². The van der Waals surface area contributed by atoms with Crippen LogP contribution >= 0.6 is 0 Å². The van der Waals surface area contributed by atoms with E-state index < -0.39 is 28.6 Å². The molecule has 1 aliphatic heterocycles. The molecule has 0 saturated carbocycles. The van der Waals surface area contributed by atoms with Gasteiger partial charge in [0.15, 0.2) is 6.04 Å². The zero-order chi connectivity index (χ0) is 19.3. The van der Waals surface area contributed by atoms with E-state index in [1.165, 1.54) is 38.1 Å². The smallest absolute Gasteiger partial charge is 0.287 e. The zero-order valence-corrected chi connectivity index (χ0v) is 14.0. The van der Waals surface area contributed by atoms with Gasteiger partial charge >= 0.3 is 6.18 Å². The standard InChI is InChI=1S/C17H16F3N3O3/c1-16(2)9-14(24)21-22(16)15(17(18,19)20)12-5-3-4-10-6-7-11(23(25)26)8-13(10)12/h3-8,15H,9H2,1-2H3,(H,21,24). The number of carbonyl (C=O) groups is 1. The highest BCUT2D eigenvalue weighted by Crippen LogP contribution is 2.45. The minimum atomic E-state index is -4.70. The molecule has 1 atom stereocenters. The number of hydrazine groups is 1. The topological polar surface area (TPSA) is 75.5 Å². The molecular formula is C17H16F3N3O3. The van der Waals surface area contributed by atoms with Gasteiger partial charge in [-0.25, -0.2) is 0 Å². The molecule has 0 aliphatic carbocycles. The van der Waals surface area contributed by atoms with E-state index in [4.69, 9.17) is 0 Å². The van der Waals surface area contributed by atoms with Crippen LogP contribution < -0.4 is 5.43 Å². The summed E-state index contributed by atoms with van der Waals surface area (Å²) in [5.74, 6) is -0.504. The van der Waals surface area contributed by atoms with Gasteiger partial charge in [-0.05, 0) is 36.2 Å². The minimum Gasteiger partial charge on any atom is -0.287 e. The van der Waals surface area contributed by atoms with E-state index in [1.807, 2.05) is 0 Å². The lowest BCUT2D eigenvalue weighted by Gasteiger charge is -2.38.